The van der Waals surface area contributed by atoms with Crippen LogP contribution in [0.2, 0.25) is 0 Å². The van der Waals surface area contributed by atoms with E-state index in [0.717, 1.165) is 15.9 Å². The van der Waals surface area contributed by atoms with Crippen molar-refractivity contribution in [3.8, 4) is 0 Å². The molecule has 2 rings (SSSR count). The van der Waals surface area contributed by atoms with Gasteiger partial charge in [-0.15, -0.1) is 15.1 Å². The van der Waals surface area contributed by atoms with Crippen molar-refractivity contribution in [2.45, 2.75) is 6.17 Å². The van der Waals surface area contributed by atoms with Crippen LogP contribution in [-0.2, 0) is 4.79 Å². The summed E-state index contributed by atoms with van der Waals surface area (Å²) in [5, 5.41) is 16.8. The van der Waals surface area contributed by atoms with Gasteiger partial charge in [0.15, 0.2) is 0 Å². The van der Waals surface area contributed by atoms with Crippen molar-refractivity contribution in [3.63, 3.8) is 0 Å². The molecule has 1 N–H and O–H groups in total. The summed E-state index contributed by atoms with van der Waals surface area (Å²) >= 11 is 0. The van der Waals surface area contributed by atoms with Crippen molar-refractivity contribution in [2.24, 2.45) is 15.3 Å². The fraction of sp³-hybridized carbons (Fsp3) is 0.333. The topological polar surface area (TPSA) is 97.7 Å². The average Bonchev–Trinajstić information content (AvgIpc) is 2.55. The lowest BCUT2D eigenvalue weighted by atomic mass is 10.3. The zero-order chi connectivity index (χ0) is 10.3. The molecular weight excluding hydrogens is 190 g/mol. The van der Waals surface area contributed by atoms with Crippen LogP contribution in [0.15, 0.2) is 15.3 Å². The van der Waals surface area contributed by atoms with Gasteiger partial charge in [0, 0.05) is 0 Å². The molecule has 2 heterocycles. The second-order valence-corrected chi connectivity index (χ2v) is 2.73. The quantitative estimate of drug-likeness (QED) is 0.563. The van der Waals surface area contributed by atoms with Crippen molar-refractivity contribution in [1.82, 2.24) is 5.01 Å². The van der Waals surface area contributed by atoms with Gasteiger partial charge in [-0.25, -0.2) is 9.59 Å². The molecule has 2 amide bonds. The second-order valence-electron chi connectivity index (χ2n) is 2.73. The second kappa shape index (κ2) is 2.69. The van der Waals surface area contributed by atoms with Crippen LogP contribution >= 0.6 is 0 Å². The first-order chi connectivity index (χ1) is 6.61. The van der Waals surface area contributed by atoms with E-state index in [1.807, 2.05) is 0 Å². The Bertz CT molecular complexity index is 410. The van der Waals surface area contributed by atoms with E-state index in [9.17, 15) is 9.59 Å². The number of nitrogens with zero attached hydrogens (tertiary/aromatic N) is 5. The van der Waals surface area contributed by atoms with Crippen LogP contribution < -0.4 is 0 Å². The Morgan fingerprint density at radius 2 is 2.43 bits per heavy atom. The highest BCUT2D eigenvalue weighted by molar-refractivity contribution is 6.39. The standard InChI is InChI=1S/C6H5N5O3/c1-10-6(14)11-2-7-3(5(12)13)4(11)8-9-10/h2,4H,1H3/p+1. The third-order valence-electron chi connectivity index (χ3n) is 1.84. The summed E-state index contributed by atoms with van der Waals surface area (Å²) < 4.78 is 1.11. The molecular formula is C6H6N5O3+. The van der Waals surface area contributed by atoms with Gasteiger partial charge < -0.3 is 5.11 Å². The van der Waals surface area contributed by atoms with E-state index in [2.05, 4.69) is 15.3 Å². The molecule has 1 atom stereocenters. The molecule has 1 unspecified atom stereocenters. The van der Waals surface area contributed by atoms with Gasteiger partial charge in [-0.1, -0.05) is 0 Å². The Morgan fingerprint density at radius 3 is 3.07 bits per heavy atom. The molecule has 0 aliphatic carbocycles. The first-order valence-electron chi connectivity index (χ1n) is 3.72. The molecule has 2 aliphatic rings. The molecule has 0 saturated heterocycles. The highest BCUT2D eigenvalue weighted by atomic mass is 16.4. The van der Waals surface area contributed by atoms with E-state index in [1.54, 1.807) is 0 Å². The largest absolute Gasteiger partial charge is 0.476 e. The number of rotatable bonds is 1. The fourth-order valence-corrected chi connectivity index (χ4v) is 1.15. The van der Waals surface area contributed by atoms with Crippen LogP contribution in [0.25, 0.3) is 0 Å². The molecule has 2 aliphatic heterocycles. The van der Waals surface area contributed by atoms with E-state index >= 15 is 0 Å². The van der Waals surface area contributed by atoms with Gasteiger partial charge in [-0.05, 0) is 5.22 Å². The molecule has 14 heavy (non-hydrogen) atoms. The molecule has 0 bridgehead atoms. The molecule has 0 aromatic heterocycles. The lowest BCUT2D eigenvalue weighted by Gasteiger charge is -2.14. The Kier molecular flexibility index (Phi) is 1.63. The summed E-state index contributed by atoms with van der Waals surface area (Å²) in [5.41, 5.74) is -0.199. The maximum Gasteiger partial charge on any atom is 0.465 e. The van der Waals surface area contributed by atoms with Gasteiger partial charge in [0.2, 0.25) is 6.34 Å². The molecule has 0 radical (unpaired) electrons. The third kappa shape index (κ3) is 1.00. The minimum atomic E-state index is -1.20. The molecule has 0 saturated carbocycles. The number of carboxylic acid groups (broad SMARTS) is 1. The van der Waals surface area contributed by atoms with Gasteiger partial charge in [0.1, 0.15) is 0 Å². The van der Waals surface area contributed by atoms with Crippen LogP contribution in [0, 0.1) is 0 Å². The monoisotopic (exact) mass is 196 g/mol. The number of carbonyl (C=O) groups excluding carboxylic acids is 1. The summed E-state index contributed by atoms with van der Waals surface area (Å²) in [6.45, 7) is 0. The van der Waals surface area contributed by atoms with E-state index in [4.69, 9.17) is 5.11 Å². The molecule has 8 nitrogen and oxygen atoms in total. The Hall–Kier alpha value is -2.12. The molecule has 72 valence electrons. The van der Waals surface area contributed by atoms with E-state index in [0.29, 0.717) is 0 Å². The zero-order valence-corrected chi connectivity index (χ0v) is 7.15. The normalized spacial score (nSPS) is 24.5. The number of amides is 2. The van der Waals surface area contributed by atoms with E-state index in [1.165, 1.54) is 7.05 Å². The van der Waals surface area contributed by atoms with Crippen LogP contribution in [0.3, 0.4) is 0 Å². The van der Waals surface area contributed by atoms with Crippen molar-refractivity contribution in [1.29, 1.82) is 0 Å². The summed E-state index contributed by atoms with van der Waals surface area (Å²) in [6, 6.07) is -0.454. The first-order valence-corrected chi connectivity index (χ1v) is 3.72. The highest BCUT2D eigenvalue weighted by Gasteiger charge is 2.43. The predicted octanol–water partition coefficient (Wildman–Crippen LogP) is -0.675. The van der Waals surface area contributed by atoms with Crippen LogP contribution in [0.1, 0.15) is 0 Å². The number of hydrogen-bond donors (Lipinski definition) is 1. The number of urea groups is 1. The summed E-state index contributed by atoms with van der Waals surface area (Å²) in [4.78, 5) is 25.6. The van der Waals surface area contributed by atoms with Gasteiger partial charge in [-0.3, -0.25) is 0 Å². The number of carbonyl (C=O) groups is 2. The minimum Gasteiger partial charge on any atom is -0.476 e. The fourth-order valence-electron chi connectivity index (χ4n) is 1.15. The Labute approximate surface area is 77.8 Å². The SMILES string of the molecule is CN1N=NC2C(C(=O)O)=NC=[N+]2C1=O. The zero-order valence-electron chi connectivity index (χ0n) is 7.15. The molecule has 0 spiro atoms. The molecule has 0 aromatic rings. The predicted molar refractivity (Wildman–Crippen MR) is 43.2 cm³/mol. The summed E-state index contributed by atoms with van der Waals surface area (Å²) in [7, 11) is 1.43. The highest BCUT2D eigenvalue weighted by Crippen LogP contribution is 2.12. The minimum absolute atomic E-state index is 0.199. The van der Waals surface area contributed by atoms with Gasteiger partial charge in [0.05, 0.1) is 7.05 Å². The van der Waals surface area contributed by atoms with Crippen LogP contribution in [-0.4, -0.2) is 52.0 Å². The summed E-state index contributed by atoms with van der Waals surface area (Å²) in [5.74, 6) is -1.20. The van der Waals surface area contributed by atoms with E-state index in [-0.39, 0.29) is 5.71 Å². The van der Waals surface area contributed by atoms with Gasteiger partial charge in [0.25, 0.3) is 11.9 Å². The molecule has 0 fully saturated rings. The van der Waals surface area contributed by atoms with Gasteiger partial charge >= 0.3 is 12.0 Å². The van der Waals surface area contributed by atoms with Crippen molar-refractivity contribution < 1.29 is 19.3 Å². The van der Waals surface area contributed by atoms with E-state index < -0.39 is 18.2 Å². The maximum absolute atomic E-state index is 11.4. The number of carboxylic acids is 1. The lowest BCUT2D eigenvalue weighted by molar-refractivity contribution is -0.458. The maximum atomic E-state index is 11.4. The number of fused-ring (bicyclic) bond motifs is 1. The van der Waals surface area contributed by atoms with Crippen LogP contribution in [0.5, 0.6) is 0 Å². The molecule has 8 heteroatoms. The van der Waals surface area contributed by atoms with Crippen molar-refractivity contribution >= 4 is 24.1 Å². The van der Waals surface area contributed by atoms with Crippen LogP contribution in [0.4, 0.5) is 4.79 Å². The van der Waals surface area contributed by atoms with Crippen molar-refractivity contribution in [3.05, 3.63) is 0 Å². The summed E-state index contributed by atoms with van der Waals surface area (Å²) in [6.07, 6.45) is 0.224. The Balaban J connectivity index is 2.37. The number of aliphatic imine (C=N–C) groups is 1. The number of hydrogen-bond acceptors (Lipinski definition) is 5. The smallest absolute Gasteiger partial charge is 0.465 e. The first kappa shape index (κ1) is 8.48. The van der Waals surface area contributed by atoms with Crippen molar-refractivity contribution in [2.75, 3.05) is 7.05 Å². The van der Waals surface area contributed by atoms with Gasteiger partial charge in [-0.2, -0.15) is 4.58 Å². The number of aliphatic carboxylic acids is 1. The lowest BCUT2D eigenvalue weighted by Crippen LogP contribution is -2.44. The third-order valence-corrected chi connectivity index (χ3v) is 1.84. The Morgan fingerprint density at radius 1 is 1.71 bits per heavy atom. The average molecular weight is 196 g/mol. The molecule has 0 aromatic carbocycles.